The van der Waals surface area contributed by atoms with Gasteiger partial charge in [-0.3, -0.25) is 0 Å². The monoisotopic (exact) mass is 411 g/mol. The van der Waals surface area contributed by atoms with Crippen molar-refractivity contribution in [2.24, 2.45) is 0 Å². The molecular formula is C17H19Br2NO. The molecule has 0 aliphatic heterocycles. The number of hydrogen-bond donors (Lipinski definition) is 1. The van der Waals surface area contributed by atoms with Crippen molar-refractivity contribution in [3.63, 3.8) is 0 Å². The highest BCUT2D eigenvalue weighted by Crippen LogP contribution is 2.29. The first-order valence-corrected chi connectivity index (χ1v) is 8.63. The molecule has 2 nitrogen and oxygen atoms in total. The molecule has 2 aromatic rings. The SMILES string of the molecule is CCCOc1ccc(NC(C)c2ccc(Br)cc2Br)cc1. The van der Waals surface area contributed by atoms with Crippen LogP contribution in [-0.2, 0) is 0 Å². The molecule has 0 heterocycles. The average molecular weight is 413 g/mol. The summed E-state index contributed by atoms with van der Waals surface area (Å²) in [5.41, 5.74) is 2.31. The Morgan fingerprint density at radius 1 is 1.10 bits per heavy atom. The lowest BCUT2D eigenvalue weighted by atomic mass is 10.1. The second kappa shape index (κ2) is 7.85. The highest BCUT2D eigenvalue weighted by molar-refractivity contribution is 9.11. The average Bonchev–Trinajstić information content (AvgIpc) is 2.46. The molecule has 0 saturated carbocycles. The number of hydrogen-bond acceptors (Lipinski definition) is 2. The maximum atomic E-state index is 5.59. The third-order valence-corrected chi connectivity index (χ3v) is 4.32. The predicted molar refractivity (Wildman–Crippen MR) is 96.1 cm³/mol. The largest absolute Gasteiger partial charge is 0.494 e. The van der Waals surface area contributed by atoms with Crippen LogP contribution in [0.15, 0.2) is 51.4 Å². The van der Waals surface area contributed by atoms with E-state index >= 15 is 0 Å². The number of anilines is 1. The summed E-state index contributed by atoms with van der Waals surface area (Å²) in [6.07, 6.45) is 1.02. The Morgan fingerprint density at radius 2 is 1.81 bits per heavy atom. The summed E-state index contributed by atoms with van der Waals surface area (Å²) in [7, 11) is 0. The normalized spacial score (nSPS) is 12.0. The van der Waals surface area contributed by atoms with Gasteiger partial charge in [0.05, 0.1) is 6.61 Å². The van der Waals surface area contributed by atoms with Crippen LogP contribution in [-0.4, -0.2) is 6.61 Å². The second-order valence-corrected chi connectivity index (χ2v) is 6.67. The lowest BCUT2D eigenvalue weighted by Gasteiger charge is -2.17. The van der Waals surface area contributed by atoms with Gasteiger partial charge >= 0.3 is 0 Å². The molecule has 2 rings (SSSR count). The van der Waals surface area contributed by atoms with Crippen LogP contribution < -0.4 is 10.1 Å². The minimum Gasteiger partial charge on any atom is -0.494 e. The molecule has 0 aliphatic rings. The first kappa shape index (κ1) is 16.4. The van der Waals surface area contributed by atoms with Crippen molar-refractivity contribution in [2.75, 3.05) is 11.9 Å². The van der Waals surface area contributed by atoms with Crippen LogP contribution in [0.1, 0.15) is 31.9 Å². The summed E-state index contributed by atoms with van der Waals surface area (Å²) in [5.74, 6) is 0.917. The first-order chi connectivity index (χ1) is 10.1. The Kier molecular flexibility index (Phi) is 6.12. The molecule has 112 valence electrons. The van der Waals surface area contributed by atoms with Crippen molar-refractivity contribution in [3.05, 3.63) is 57.0 Å². The van der Waals surface area contributed by atoms with Gasteiger partial charge in [0.25, 0.3) is 0 Å². The summed E-state index contributed by atoms with van der Waals surface area (Å²) in [6.45, 7) is 5.01. The van der Waals surface area contributed by atoms with E-state index in [1.54, 1.807) is 0 Å². The lowest BCUT2D eigenvalue weighted by molar-refractivity contribution is 0.317. The van der Waals surface area contributed by atoms with Crippen molar-refractivity contribution < 1.29 is 4.74 Å². The number of nitrogens with one attached hydrogen (secondary N) is 1. The Balaban J connectivity index is 2.03. The molecule has 0 spiro atoms. The molecule has 1 atom stereocenters. The van der Waals surface area contributed by atoms with E-state index in [0.29, 0.717) is 0 Å². The van der Waals surface area contributed by atoms with Gasteiger partial charge < -0.3 is 10.1 Å². The smallest absolute Gasteiger partial charge is 0.119 e. The number of benzene rings is 2. The van der Waals surface area contributed by atoms with Crippen LogP contribution in [0.5, 0.6) is 5.75 Å². The zero-order valence-electron chi connectivity index (χ0n) is 12.2. The Bertz CT molecular complexity index is 584. The minimum absolute atomic E-state index is 0.217. The molecule has 0 bridgehead atoms. The summed E-state index contributed by atoms with van der Waals surface area (Å²) < 4.78 is 7.76. The molecule has 0 amide bonds. The van der Waals surface area contributed by atoms with Gasteiger partial charge in [0.1, 0.15) is 5.75 Å². The summed E-state index contributed by atoms with van der Waals surface area (Å²) in [4.78, 5) is 0. The molecule has 4 heteroatoms. The van der Waals surface area contributed by atoms with Crippen molar-refractivity contribution in [1.29, 1.82) is 0 Å². The topological polar surface area (TPSA) is 21.3 Å². The summed E-state index contributed by atoms with van der Waals surface area (Å²) in [6, 6.07) is 14.6. The Labute approximate surface area is 143 Å². The maximum absolute atomic E-state index is 5.59. The van der Waals surface area contributed by atoms with Crippen molar-refractivity contribution >= 4 is 37.5 Å². The molecule has 21 heavy (non-hydrogen) atoms. The summed E-state index contributed by atoms with van der Waals surface area (Å²) in [5, 5.41) is 3.50. The highest BCUT2D eigenvalue weighted by atomic mass is 79.9. The van der Waals surface area contributed by atoms with Crippen LogP contribution >= 0.6 is 31.9 Å². The van der Waals surface area contributed by atoms with Gasteiger partial charge in [-0.1, -0.05) is 44.8 Å². The maximum Gasteiger partial charge on any atom is 0.119 e. The number of ether oxygens (including phenoxy) is 1. The Morgan fingerprint density at radius 3 is 2.43 bits per heavy atom. The molecule has 0 radical (unpaired) electrons. The van der Waals surface area contributed by atoms with E-state index in [9.17, 15) is 0 Å². The first-order valence-electron chi connectivity index (χ1n) is 7.04. The van der Waals surface area contributed by atoms with Crippen molar-refractivity contribution in [3.8, 4) is 5.75 Å². The second-order valence-electron chi connectivity index (χ2n) is 4.90. The van der Waals surface area contributed by atoms with E-state index in [0.717, 1.165) is 33.4 Å². The predicted octanol–water partition coefficient (Wildman–Crippen LogP) is 6.17. The minimum atomic E-state index is 0.217. The van der Waals surface area contributed by atoms with Crippen LogP contribution in [0.3, 0.4) is 0 Å². The molecule has 2 aromatic carbocycles. The Hall–Kier alpha value is -1.000. The van der Waals surface area contributed by atoms with Gasteiger partial charge in [-0.15, -0.1) is 0 Å². The number of halogens is 2. The molecule has 0 aromatic heterocycles. The lowest BCUT2D eigenvalue weighted by Crippen LogP contribution is -2.07. The molecular weight excluding hydrogens is 394 g/mol. The van der Waals surface area contributed by atoms with Gasteiger partial charge in [-0.05, 0) is 55.3 Å². The fourth-order valence-corrected chi connectivity index (χ4v) is 3.44. The molecule has 0 fully saturated rings. The van der Waals surface area contributed by atoms with E-state index in [1.807, 2.05) is 24.3 Å². The van der Waals surface area contributed by atoms with Crippen LogP contribution in [0.25, 0.3) is 0 Å². The van der Waals surface area contributed by atoms with Crippen molar-refractivity contribution in [2.45, 2.75) is 26.3 Å². The van der Waals surface area contributed by atoms with Gasteiger partial charge in [-0.25, -0.2) is 0 Å². The molecule has 0 aliphatic carbocycles. The van der Waals surface area contributed by atoms with Crippen LogP contribution in [0, 0.1) is 0 Å². The van der Waals surface area contributed by atoms with E-state index in [1.165, 1.54) is 5.56 Å². The quantitative estimate of drug-likeness (QED) is 0.612. The van der Waals surface area contributed by atoms with E-state index in [-0.39, 0.29) is 6.04 Å². The standard InChI is InChI=1S/C17H19Br2NO/c1-3-10-21-15-7-5-14(6-8-15)20-12(2)16-9-4-13(18)11-17(16)19/h4-9,11-12,20H,3,10H2,1-2H3. The van der Waals surface area contributed by atoms with Crippen molar-refractivity contribution in [1.82, 2.24) is 0 Å². The van der Waals surface area contributed by atoms with Gasteiger partial charge in [-0.2, -0.15) is 0 Å². The highest BCUT2D eigenvalue weighted by Gasteiger charge is 2.09. The zero-order chi connectivity index (χ0) is 15.2. The third kappa shape index (κ3) is 4.75. The molecule has 0 saturated heterocycles. The van der Waals surface area contributed by atoms with Gasteiger partial charge in [0.15, 0.2) is 0 Å². The molecule has 1 unspecified atom stereocenters. The van der Waals surface area contributed by atoms with Gasteiger partial charge in [0, 0.05) is 20.7 Å². The van der Waals surface area contributed by atoms with E-state index < -0.39 is 0 Å². The zero-order valence-corrected chi connectivity index (χ0v) is 15.4. The third-order valence-electron chi connectivity index (χ3n) is 3.14. The molecule has 1 N–H and O–H groups in total. The van der Waals surface area contributed by atoms with Crippen LogP contribution in [0.4, 0.5) is 5.69 Å². The van der Waals surface area contributed by atoms with E-state index in [4.69, 9.17) is 4.74 Å². The van der Waals surface area contributed by atoms with Gasteiger partial charge in [0.2, 0.25) is 0 Å². The van der Waals surface area contributed by atoms with Crippen LogP contribution in [0.2, 0.25) is 0 Å². The fraction of sp³-hybridized carbons (Fsp3) is 0.294. The fourth-order valence-electron chi connectivity index (χ4n) is 2.05. The van der Waals surface area contributed by atoms with E-state index in [2.05, 4.69) is 69.2 Å². The number of rotatable bonds is 6. The summed E-state index contributed by atoms with van der Waals surface area (Å²) >= 11 is 7.09.